The standard InChI is InChI=1S/2C15H17FO3.C12H13FO3.C11H11FO3.C7H5FO3.C4H7Cl.CH2O3.CH4.Al.2K.Li.5H/c1-10(2)8-18-12-5-6-14(16)13(7-12)15(17)19-9-11(3)4;1-9(2)7-11-13(17)6-5-12(16)14(11)15(18)19-8-10(3)4;1-12(2)6-7-9(16-12)5-4-8(13)10(7)11(14)15-3;1-11(2)5-6-8(15-11)4-3-7(12)9(6)10(13)14;8-6-2-1-4(9)3-5(6)7(10)11;1-4(2)3-5;2-1-4-3;;;;;;;;;;/h5-7H,1,3,8-9H2,2,4H3;5-6,17H,1,3,7-8H2,2,4H3;4-5H,6H2,1-3H3;3-4H,5H2,1-2H3,(H,13,14);1-3,9H,(H,10,11);1,3H2,2H3;1,3H;1H4;;;;;;;;;/q;;;;;;;;;3*+1;;;;2*-1/p-1. The van der Waals surface area contributed by atoms with Gasteiger partial charge in [-0.1, -0.05) is 51.5 Å². The Morgan fingerprint density at radius 3 is 1.41 bits per heavy atom. The van der Waals surface area contributed by atoms with E-state index in [-0.39, 0.29) is 215 Å². The number of hydrogen-bond donors (Lipinski definition) is 4. The van der Waals surface area contributed by atoms with Gasteiger partial charge in [0.05, 0.1) is 18.2 Å². The largest absolute Gasteiger partial charge is 1.00 e. The third-order valence-corrected chi connectivity index (χ3v) is 11.4. The summed E-state index contributed by atoms with van der Waals surface area (Å²) in [5.41, 5.74) is 3.07. The summed E-state index contributed by atoms with van der Waals surface area (Å²) < 4.78 is 97.6. The van der Waals surface area contributed by atoms with Crippen LogP contribution in [0.5, 0.6) is 28.7 Å². The van der Waals surface area contributed by atoms with Gasteiger partial charge in [0.15, 0.2) is 17.4 Å². The number of esters is 3. The monoisotopic (exact) mass is 1400 g/mol. The van der Waals surface area contributed by atoms with Crippen LogP contribution in [0.2, 0.25) is 0 Å². The summed E-state index contributed by atoms with van der Waals surface area (Å²) in [6.45, 7) is 34.7. The molecule has 0 aromatic heterocycles. The van der Waals surface area contributed by atoms with Crippen LogP contribution in [-0.2, 0) is 43.2 Å². The van der Waals surface area contributed by atoms with Crippen molar-refractivity contribution >= 4 is 65.3 Å². The smallest absolute Gasteiger partial charge is 1.00 e. The number of rotatable bonds is 16. The van der Waals surface area contributed by atoms with Gasteiger partial charge in [-0.2, -0.15) is 0 Å². The Morgan fingerprint density at radius 2 is 1.01 bits per heavy atom. The molecule has 0 saturated carbocycles. The minimum atomic E-state index is -1.39. The van der Waals surface area contributed by atoms with Crippen molar-refractivity contribution in [2.45, 2.75) is 100 Å². The summed E-state index contributed by atoms with van der Waals surface area (Å²) in [4.78, 5) is 67.4. The zero-order valence-corrected chi connectivity index (χ0v) is 60.8. The molecule has 0 unspecified atom stereocenters. The number of fused-ring (bicyclic) bond motifs is 2. The number of ether oxygens (including phenoxy) is 6. The molecule has 2 heterocycles. The van der Waals surface area contributed by atoms with Gasteiger partial charge >= 0.3 is 151 Å². The molecule has 28 heteroatoms. The van der Waals surface area contributed by atoms with Crippen molar-refractivity contribution in [3.05, 3.63) is 207 Å². The van der Waals surface area contributed by atoms with Crippen molar-refractivity contribution in [1.29, 1.82) is 0 Å². The van der Waals surface area contributed by atoms with Crippen molar-refractivity contribution < 1.29 is 234 Å². The van der Waals surface area contributed by atoms with Crippen molar-refractivity contribution in [3.63, 3.8) is 0 Å². The molecular formula is C66H80AlClF5K2LiO18. The first-order valence-corrected chi connectivity index (χ1v) is 26.7. The molecule has 94 heavy (non-hydrogen) atoms. The summed E-state index contributed by atoms with van der Waals surface area (Å²) in [6.07, 6.45) is 1.13. The summed E-state index contributed by atoms with van der Waals surface area (Å²) in [5.74, 6) is -6.72. The predicted molar refractivity (Wildman–Crippen MR) is 338 cm³/mol. The van der Waals surface area contributed by atoms with E-state index in [1.165, 1.54) is 43.5 Å². The van der Waals surface area contributed by atoms with Crippen LogP contribution in [0.3, 0.4) is 0 Å². The topological polar surface area (TPSA) is 271 Å². The van der Waals surface area contributed by atoms with E-state index in [9.17, 15) is 51.0 Å². The molecule has 18 nitrogen and oxygen atoms in total. The second kappa shape index (κ2) is 47.8. The average Bonchev–Trinajstić information content (AvgIpc) is 1.62. The molecule has 0 saturated heterocycles. The van der Waals surface area contributed by atoms with Crippen LogP contribution >= 0.6 is 11.6 Å². The number of halogens is 6. The number of carbonyl (C=O) groups is 6. The van der Waals surface area contributed by atoms with Crippen LogP contribution in [0.15, 0.2) is 134 Å². The molecule has 0 spiro atoms. The quantitative estimate of drug-likeness (QED) is 0.0126. The molecule has 7 rings (SSSR count). The van der Waals surface area contributed by atoms with E-state index in [1.54, 1.807) is 26.8 Å². The first kappa shape index (κ1) is 97.6. The molecule has 0 bridgehead atoms. The summed E-state index contributed by atoms with van der Waals surface area (Å²) in [7, 11) is 1.24. The number of allylic oxidation sites excluding steroid dienone is 2. The van der Waals surface area contributed by atoms with Crippen LogP contribution in [0, 0.1) is 29.1 Å². The summed E-state index contributed by atoms with van der Waals surface area (Å²) >= 11 is 5.24. The molecule has 5 aromatic carbocycles. The summed E-state index contributed by atoms with van der Waals surface area (Å²) in [5, 5.41) is 44.2. The van der Waals surface area contributed by atoms with Crippen molar-refractivity contribution in [2.24, 2.45) is 0 Å². The normalized spacial score (nSPS) is 11.3. The zero-order chi connectivity index (χ0) is 68.3. The van der Waals surface area contributed by atoms with E-state index in [1.807, 2.05) is 41.5 Å². The third kappa shape index (κ3) is 34.7. The van der Waals surface area contributed by atoms with Crippen LogP contribution in [0.25, 0.3) is 0 Å². The Bertz CT molecular complexity index is 3450. The Kier molecular flexibility index (Phi) is 49.6. The maximum atomic E-state index is 13.8. The van der Waals surface area contributed by atoms with Crippen LogP contribution in [0.4, 0.5) is 22.0 Å². The fourth-order valence-electron chi connectivity index (χ4n) is 7.29. The number of carboxylic acid groups (broad SMARTS) is 2. The van der Waals surface area contributed by atoms with E-state index in [0.717, 1.165) is 41.5 Å². The van der Waals surface area contributed by atoms with Gasteiger partial charge in [0.2, 0.25) is 0 Å². The van der Waals surface area contributed by atoms with Gasteiger partial charge in [-0.3, -0.25) is 4.79 Å². The number of benzene rings is 5. The SMILES string of the molecule is C.C=C(C)CCl.C=C(C)COC(=O)c1c(F)ccc(O)c1CC(=C)C.C=C(C)COC(=O)c1cc(OCC(=C)C)ccc1F.CC1(C)Cc2c(ccc(F)c2C(=O)O)O1.COC(=O)c1c(F)ccc2c1CC(C)(C)O2.O=C(O)c1cc(O)ccc1F.O=CO[O-].[AlH3].[H-].[H-].[K+].[K+].[Li+]. The van der Waals surface area contributed by atoms with Crippen LogP contribution < -0.4 is 141 Å². The molecule has 0 aliphatic carbocycles. The molecule has 0 radical (unpaired) electrons. The first-order chi connectivity index (χ1) is 41.4. The van der Waals surface area contributed by atoms with Gasteiger partial charge < -0.3 is 61.8 Å². The number of carboxylic acids is 2. The number of phenols is 2. The molecule has 5 aromatic rings. The molecule has 2 aliphatic rings. The predicted octanol–water partition coefficient (Wildman–Crippen LogP) is 3.61. The third-order valence-electron chi connectivity index (χ3n) is 10.9. The van der Waals surface area contributed by atoms with E-state index in [2.05, 4.69) is 42.5 Å². The van der Waals surface area contributed by atoms with Gasteiger partial charge in [0.25, 0.3) is 6.47 Å². The second-order valence-corrected chi connectivity index (χ2v) is 21.2. The fraction of sp³-hybridized carbons (Fsp3) is 0.303. The fourth-order valence-corrected chi connectivity index (χ4v) is 7.29. The number of carbonyl (C=O) groups excluding carboxylic acids is 4. The van der Waals surface area contributed by atoms with E-state index < -0.39 is 75.7 Å². The van der Waals surface area contributed by atoms with Gasteiger partial charge in [-0.15, -0.1) is 11.6 Å². The first-order valence-electron chi connectivity index (χ1n) is 26.2. The van der Waals surface area contributed by atoms with Crippen molar-refractivity contribution in [2.75, 3.05) is 32.8 Å². The van der Waals surface area contributed by atoms with E-state index in [0.29, 0.717) is 70.4 Å². The molecule has 2 aliphatic heterocycles. The minimum Gasteiger partial charge on any atom is -1.00 e. The van der Waals surface area contributed by atoms with Crippen LogP contribution in [0.1, 0.15) is 141 Å². The number of phenolic OH excluding ortho intramolecular Hbond substituents is 2. The summed E-state index contributed by atoms with van der Waals surface area (Å²) in [6, 6.07) is 14.4. The van der Waals surface area contributed by atoms with Gasteiger partial charge in [-0.05, 0) is 158 Å². The number of aromatic hydroxyl groups is 2. The maximum absolute atomic E-state index is 13.8. The van der Waals surface area contributed by atoms with Gasteiger partial charge in [-0.25, -0.2) is 45.9 Å². The maximum Gasteiger partial charge on any atom is 1.00 e. The molecule has 4 N–H and O–H groups in total. The van der Waals surface area contributed by atoms with Crippen molar-refractivity contribution in [1.82, 2.24) is 0 Å². The second-order valence-electron chi connectivity index (χ2n) is 20.9. The van der Waals surface area contributed by atoms with Crippen LogP contribution in [-0.4, -0.2) is 118 Å². The Labute approximate surface area is 660 Å². The zero-order valence-electron chi connectivity index (χ0n) is 55.8. The Balaban J connectivity index is -0.000000197. The average molecular weight is 1400 g/mol. The Morgan fingerprint density at radius 1 is 0.606 bits per heavy atom. The Hall–Kier alpha value is -5.08. The number of hydrogen-bond acceptors (Lipinski definition) is 16. The molecule has 0 atom stereocenters. The van der Waals surface area contributed by atoms with Gasteiger partial charge in [0.1, 0.15) is 106 Å². The number of alkyl halides is 1. The molecule has 0 fully saturated rings. The van der Waals surface area contributed by atoms with Gasteiger partial charge in [0, 0.05) is 35.4 Å². The number of methoxy groups -OCH3 is 1. The van der Waals surface area contributed by atoms with E-state index in [4.69, 9.17) is 60.7 Å². The molecule has 0 amide bonds. The molecule has 500 valence electrons. The number of aromatic carboxylic acids is 2. The van der Waals surface area contributed by atoms with E-state index >= 15 is 0 Å². The minimum absolute atomic E-state index is 0. The van der Waals surface area contributed by atoms with Crippen molar-refractivity contribution in [3.8, 4) is 28.7 Å². The molecular weight excluding hydrogens is 1320 g/mol.